The van der Waals surface area contributed by atoms with Crippen LogP contribution in [0.25, 0.3) is 0 Å². The number of amides is 3. The zero-order valence-corrected chi connectivity index (χ0v) is 17.1. The van der Waals surface area contributed by atoms with E-state index in [9.17, 15) is 14.4 Å². The number of nitrogens with one attached hydrogen (secondary N) is 3. The highest BCUT2D eigenvalue weighted by Gasteiger charge is 2.12. The molecule has 0 atom stereocenters. The molecular formula is C22H18BrN3O3. The summed E-state index contributed by atoms with van der Waals surface area (Å²) < 4.78 is 0.765. The molecule has 0 saturated carbocycles. The van der Waals surface area contributed by atoms with Gasteiger partial charge < -0.3 is 16.0 Å². The molecule has 0 bridgehead atoms. The maximum absolute atomic E-state index is 12.6. The smallest absolute Gasteiger partial charge is 0.255 e. The second kappa shape index (κ2) is 9.16. The summed E-state index contributed by atoms with van der Waals surface area (Å²) in [7, 11) is 0. The zero-order valence-electron chi connectivity index (χ0n) is 15.5. The van der Waals surface area contributed by atoms with Crippen molar-refractivity contribution in [2.45, 2.75) is 6.92 Å². The molecule has 7 heteroatoms. The van der Waals surface area contributed by atoms with Crippen LogP contribution in [-0.4, -0.2) is 17.7 Å². The average Bonchev–Trinajstić information content (AvgIpc) is 2.71. The van der Waals surface area contributed by atoms with Gasteiger partial charge in [-0.05, 0) is 54.6 Å². The number of carbonyl (C=O) groups excluding carboxylic acids is 3. The van der Waals surface area contributed by atoms with Crippen LogP contribution in [0.5, 0.6) is 0 Å². The molecule has 0 aliphatic heterocycles. The molecule has 29 heavy (non-hydrogen) atoms. The van der Waals surface area contributed by atoms with Crippen LogP contribution in [0.4, 0.5) is 17.1 Å². The van der Waals surface area contributed by atoms with Gasteiger partial charge in [0.1, 0.15) is 0 Å². The van der Waals surface area contributed by atoms with E-state index in [-0.39, 0.29) is 17.7 Å². The second-order valence-electron chi connectivity index (χ2n) is 6.22. The van der Waals surface area contributed by atoms with E-state index >= 15 is 0 Å². The van der Waals surface area contributed by atoms with Crippen LogP contribution >= 0.6 is 15.9 Å². The van der Waals surface area contributed by atoms with Gasteiger partial charge in [-0.25, -0.2) is 0 Å². The normalized spacial score (nSPS) is 10.1. The molecule has 0 spiro atoms. The minimum Gasteiger partial charge on any atom is -0.325 e. The number of anilines is 3. The summed E-state index contributed by atoms with van der Waals surface area (Å²) in [6.07, 6.45) is 0. The topological polar surface area (TPSA) is 87.3 Å². The molecule has 3 N–H and O–H groups in total. The van der Waals surface area contributed by atoms with E-state index in [1.807, 2.05) is 6.07 Å². The van der Waals surface area contributed by atoms with Gasteiger partial charge in [0.2, 0.25) is 5.91 Å². The SMILES string of the molecule is CC(=O)Nc1ccc(Br)cc1NC(=O)c1ccc(NC(=O)c2ccccc2)cc1. The minimum absolute atomic E-state index is 0.225. The van der Waals surface area contributed by atoms with E-state index in [0.717, 1.165) is 4.47 Å². The third kappa shape index (κ3) is 5.52. The fourth-order valence-corrected chi connectivity index (χ4v) is 2.97. The Morgan fingerprint density at radius 3 is 1.97 bits per heavy atom. The fourth-order valence-electron chi connectivity index (χ4n) is 2.61. The van der Waals surface area contributed by atoms with Gasteiger partial charge in [0, 0.05) is 28.2 Å². The summed E-state index contributed by atoms with van der Waals surface area (Å²) >= 11 is 3.36. The van der Waals surface area contributed by atoms with Gasteiger partial charge in [0.25, 0.3) is 11.8 Å². The Morgan fingerprint density at radius 2 is 1.31 bits per heavy atom. The first-order valence-corrected chi connectivity index (χ1v) is 9.56. The van der Waals surface area contributed by atoms with Gasteiger partial charge in [0.05, 0.1) is 11.4 Å². The summed E-state index contributed by atoms with van der Waals surface area (Å²) in [5.41, 5.74) is 2.52. The van der Waals surface area contributed by atoms with Crippen molar-refractivity contribution in [3.05, 3.63) is 88.4 Å². The Hall–Kier alpha value is -3.45. The molecular weight excluding hydrogens is 434 g/mol. The number of benzene rings is 3. The number of hydrogen-bond acceptors (Lipinski definition) is 3. The molecule has 0 heterocycles. The lowest BCUT2D eigenvalue weighted by Gasteiger charge is -2.12. The lowest BCUT2D eigenvalue weighted by atomic mass is 10.1. The predicted molar refractivity (Wildman–Crippen MR) is 117 cm³/mol. The minimum atomic E-state index is -0.337. The van der Waals surface area contributed by atoms with Crippen molar-refractivity contribution in [2.24, 2.45) is 0 Å². The molecule has 0 fully saturated rings. The van der Waals surface area contributed by atoms with Crippen LogP contribution in [0, 0.1) is 0 Å². The van der Waals surface area contributed by atoms with E-state index in [4.69, 9.17) is 0 Å². The van der Waals surface area contributed by atoms with Gasteiger partial charge >= 0.3 is 0 Å². The average molecular weight is 452 g/mol. The Morgan fingerprint density at radius 1 is 0.690 bits per heavy atom. The summed E-state index contributed by atoms with van der Waals surface area (Å²) in [5.74, 6) is -0.797. The van der Waals surface area contributed by atoms with Crippen molar-refractivity contribution >= 4 is 50.7 Å². The molecule has 0 unspecified atom stereocenters. The van der Waals surface area contributed by atoms with E-state index in [1.165, 1.54) is 6.92 Å². The van der Waals surface area contributed by atoms with E-state index in [2.05, 4.69) is 31.9 Å². The van der Waals surface area contributed by atoms with Crippen molar-refractivity contribution in [3.63, 3.8) is 0 Å². The van der Waals surface area contributed by atoms with E-state index in [0.29, 0.717) is 28.2 Å². The zero-order chi connectivity index (χ0) is 20.8. The Labute approximate surface area is 176 Å². The van der Waals surface area contributed by atoms with Gasteiger partial charge in [-0.15, -0.1) is 0 Å². The lowest BCUT2D eigenvalue weighted by Crippen LogP contribution is -2.15. The highest BCUT2D eigenvalue weighted by molar-refractivity contribution is 9.10. The quantitative estimate of drug-likeness (QED) is 0.514. The molecule has 0 aliphatic carbocycles. The number of rotatable bonds is 5. The van der Waals surface area contributed by atoms with Crippen LogP contribution in [0.2, 0.25) is 0 Å². The molecule has 0 aliphatic rings. The summed E-state index contributed by atoms with van der Waals surface area (Å²) in [4.78, 5) is 36.2. The number of halogens is 1. The molecule has 3 aromatic carbocycles. The van der Waals surface area contributed by atoms with Crippen LogP contribution in [-0.2, 0) is 4.79 Å². The first kappa shape index (κ1) is 20.3. The molecule has 0 aromatic heterocycles. The molecule has 146 valence electrons. The van der Waals surface area contributed by atoms with Crippen molar-refractivity contribution in [1.82, 2.24) is 0 Å². The van der Waals surface area contributed by atoms with Crippen LogP contribution < -0.4 is 16.0 Å². The maximum Gasteiger partial charge on any atom is 0.255 e. The van der Waals surface area contributed by atoms with Crippen molar-refractivity contribution in [2.75, 3.05) is 16.0 Å². The molecule has 3 rings (SSSR count). The first-order valence-electron chi connectivity index (χ1n) is 8.77. The highest BCUT2D eigenvalue weighted by atomic mass is 79.9. The summed E-state index contributed by atoms with van der Waals surface area (Å²) in [6.45, 7) is 1.40. The number of hydrogen-bond donors (Lipinski definition) is 3. The third-order valence-corrected chi connectivity index (χ3v) is 4.47. The second-order valence-corrected chi connectivity index (χ2v) is 7.14. The molecule has 6 nitrogen and oxygen atoms in total. The molecule has 0 radical (unpaired) electrons. The van der Waals surface area contributed by atoms with Crippen LogP contribution in [0.1, 0.15) is 27.6 Å². The van der Waals surface area contributed by atoms with Crippen molar-refractivity contribution < 1.29 is 14.4 Å². The van der Waals surface area contributed by atoms with Crippen molar-refractivity contribution in [3.8, 4) is 0 Å². The molecule has 3 amide bonds. The first-order chi connectivity index (χ1) is 13.9. The Bertz CT molecular complexity index is 1050. The molecule has 0 saturated heterocycles. The lowest BCUT2D eigenvalue weighted by molar-refractivity contribution is -0.114. The molecule has 3 aromatic rings. The predicted octanol–water partition coefficient (Wildman–Crippen LogP) is 4.91. The van der Waals surface area contributed by atoms with Crippen molar-refractivity contribution in [1.29, 1.82) is 0 Å². The van der Waals surface area contributed by atoms with Crippen LogP contribution in [0.15, 0.2) is 77.3 Å². The van der Waals surface area contributed by atoms with Gasteiger partial charge in [-0.2, -0.15) is 0 Å². The standard InChI is InChI=1S/C22H18BrN3O3/c1-14(27)24-19-12-9-17(23)13-20(19)26-22(29)16-7-10-18(11-8-16)25-21(28)15-5-3-2-4-6-15/h2-13H,1H3,(H,24,27)(H,25,28)(H,26,29). The van der Waals surface area contributed by atoms with Crippen LogP contribution in [0.3, 0.4) is 0 Å². The highest BCUT2D eigenvalue weighted by Crippen LogP contribution is 2.27. The van der Waals surface area contributed by atoms with E-state index < -0.39 is 0 Å². The summed E-state index contributed by atoms with van der Waals surface area (Å²) in [5, 5.41) is 8.26. The Balaban J connectivity index is 1.70. The van der Waals surface area contributed by atoms with Gasteiger partial charge in [0.15, 0.2) is 0 Å². The maximum atomic E-state index is 12.6. The van der Waals surface area contributed by atoms with E-state index in [1.54, 1.807) is 66.7 Å². The van der Waals surface area contributed by atoms with Gasteiger partial charge in [-0.3, -0.25) is 14.4 Å². The third-order valence-electron chi connectivity index (χ3n) is 3.98. The fraction of sp³-hybridized carbons (Fsp3) is 0.0455. The number of carbonyl (C=O) groups is 3. The largest absolute Gasteiger partial charge is 0.325 e. The van der Waals surface area contributed by atoms with Gasteiger partial charge in [-0.1, -0.05) is 34.1 Å². The summed E-state index contributed by atoms with van der Waals surface area (Å²) in [6, 6.07) is 20.6. The Kier molecular flexibility index (Phi) is 6.41. The monoisotopic (exact) mass is 451 g/mol.